The minimum atomic E-state index is -0.426. The summed E-state index contributed by atoms with van der Waals surface area (Å²) < 4.78 is 51.5. The van der Waals surface area contributed by atoms with Gasteiger partial charge in [-0.2, -0.15) is 89.8 Å². The van der Waals surface area contributed by atoms with Crippen LogP contribution in [-0.2, 0) is 42.3 Å². The fraction of sp³-hybridized carbons (Fsp3) is 0.411. The molecule has 2 aliphatic heterocycles. The second-order valence-electron chi connectivity index (χ2n) is 36.6. The third-order valence-corrected chi connectivity index (χ3v) is 30.9. The van der Waals surface area contributed by atoms with E-state index < -0.39 is 11.6 Å². The number of aromatic nitrogens is 28. The Balaban J connectivity index is 0.000000105. The third kappa shape index (κ3) is 19.0. The predicted molar refractivity (Wildman–Crippen MR) is 540 cm³/mol. The highest BCUT2D eigenvalue weighted by molar-refractivity contribution is 9.11. The van der Waals surface area contributed by atoms with E-state index in [1.165, 1.54) is 79.0 Å². The van der Waals surface area contributed by atoms with Crippen molar-refractivity contribution in [2.24, 2.45) is 42.3 Å². The molecule has 0 aromatic carbocycles. The Morgan fingerprint density at radius 2 is 0.613 bits per heavy atom. The summed E-state index contributed by atoms with van der Waals surface area (Å²) in [7, 11) is 11.5. The average Bonchev–Trinajstić information content (AvgIpc) is 1.65. The van der Waals surface area contributed by atoms with Crippen molar-refractivity contribution in [1.29, 1.82) is 0 Å². The standard InChI is InChI=1S/C16H18BrN5S.2C16H19ClN6.2C16H19FN6.C15H17BrN6/c1-21-6-5-10(9-21)11-8-19-22-15(18)13(17)14(20-16(11)22)12-4-2-3-7-23-12;4*1-22-9-11(7-19-22)12-8-20-23-15(18)13(17)14(21-16(12)23)10-5-3-2-4-6-10;1-21-5-3-10(8-21)11-7-19-22-14(17)12(16)13(20-15(11)22)9-2-4-18-6-9/h5-6,8-9,12H,2-4,7,18H2,1H3;4*7-10H,2-6,18H2,1H3;3,5,7-9,18H,2,4,6,17H2,1H3. The average molecular weight is 2040 g/mol. The Kier molecular flexibility index (Phi) is 27.6. The molecule has 18 aromatic heterocycles. The Bertz CT molecular complexity index is 6550. The zero-order valence-corrected chi connectivity index (χ0v) is 82.8. The SMILES string of the molecule is Cn1cc(-c2cnn3c(N)c(Cl)c(C4CCCCC4)nc23)cn1.Cn1cc(-c2cnn3c(N)c(Cl)c(C4CCCCC4)nc23)cn1.Cn1cc(-c2cnn3c(N)c(F)c(C4CCCCC4)nc23)cn1.Cn1cc(-c2cnn3c(N)c(F)c(C4CCCCC4)nc23)cn1.Cn1ccc(-c2cnn3c(N)c(Br)c(C4CCCCS4)nc23)c1.Cn1ccc(-c2cnn3c(N)c(Br)c(C4CCNC4)nc23)c1. The van der Waals surface area contributed by atoms with Gasteiger partial charge in [-0.05, 0) is 127 Å². The Labute approximate surface area is 819 Å². The Morgan fingerprint density at radius 1 is 0.321 bits per heavy atom. The van der Waals surface area contributed by atoms with Crippen molar-refractivity contribution < 1.29 is 8.78 Å². The van der Waals surface area contributed by atoms with Gasteiger partial charge in [0.25, 0.3) is 0 Å². The van der Waals surface area contributed by atoms with E-state index in [0.717, 1.165) is 224 Å². The van der Waals surface area contributed by atoms with Gasteiger partial charge < -0.3 is 48.9 Å². The van der Waals surface area contributed by atoms with Crippen LogP contribution in [-0.4, -0.2) is 155 Å². The van der Waals surface area contributed by atoms with Crippen LogP contribution in [0.5, 0.6) is 0 Å². The summed E-state index contributed by atoms with van der Waals surface area (Å²) in [5.41, 5.74) is 57.7. The molecule has 2 atom stereocenters. The fourth-order valence-corrected chi connectivity index (χ4v) is 22.9. The normalized spacial score (nSPS) is 17.0. The first kappa shape index (κ1) is 93.6. The van der Waals surface area contributed by atoms with Gasteiger partial charge in [-0.1, -0.05) is 107 Å². The van der Waals surface area contributed by atoms with Crippen LogP contribution in [0.25, 0.3) is 101 Å². The lowest BCUT2D eigenvalue weighted by molar-refractivity contribution is 0.420. The molecule has 35 nitrogen and oxygen atoms in total. The molecule has 0 spiro atoms. The number of nitrogens with two attached hydrogens (primary N) is 6. The molecule has 2 saturated heterocycles. The summed E-state index contributed by atoms with van der Waals surface area (Å²) in [5, 5.41) is 47.7. The summed E-state index contributed by atoms with van der Waals surface area (Å²) in [6.45, 7) is 1.96. The Hall–Kier alpha value is -12.4. The van der Waals surface area contributed by atoms with Crippen LogP contribution in [0, 0.1) is 11.6 Å². The van der Waals surface area contributed by atoms with Gasteiger partial charge in [-0.25, -0.2) is 38.7 Å². The molecule has 4 aliphatic carbocycles. The molecule has 714 valence electrons. The van der Waals surface area contributed by atoms with Crippen molar-refractivity contribution in [3.8, 4) is 66.8 Å². The van der Waals surface area contributed by atoms with E-state index in [-0.39, 0.29) is 23.5 Å². The number of thioether (sulfide) groups is 1. The number of halogens is 6. The molecule has 20 heterocycles. The minimum absolute atomic E-state index is 0.0331. The van der Waals surface area contributed by atoms with Crippen molar-refractivity contribution in [2.45, 2.75) is 189 Å². The largest absolute Gasteiger partial charge is 0.383 e. The molecule has 137 heavy (non-hydrogen) atoms. The van der Waals surface area contributed by atoms with Crippen LogP contribution in [0.1, 0.15) is 223 Å². The number of aryl methyl sites for hydroxylation is 6. The van der Waals surface area contributed by atoms with Crippen LogP contribution in [0.4, 0.5) is 43.7 Å². The maximum Gasteiger partial charge on any atom is 0.187 e. The minimum Gasteiger partial charge on any atom is -0.383 e. The molecule has 42 heteroatoms. The number of rotatable bonds is 12. The smallest absolute Gasteiger partial charge is 0.187 e. The van der Waals surface area contributed by atoms with E-state index in [1.54, 1.807) is 74.0 Å². The molecular weight excluding hydrogens is 1930 g/mol. The topological polar surface area (TPSA) is 430 Å². The third-order valence-electron chi connectivity index (χ3n) is 27.1. The van der Waals surface area contributed by atoms with E-state index in [4.69, 9.17) is 77.5 Å². The lowest BCUT2D eigenvalue weighted by Gasteiger charge is -2.22. The second-order valence-corrected chi connectivity index (χ2v) is 40.2. The first-order valence-electron chi connectivity index (χ1n) is 46.9. The maximum absolute atomic E-state index is 14.7. The van der Waals surface area contributed by atoms with Crippen LogP contribution < -0.4 is 39.7 Å². The molecule has 18 aromatic rings. The second kappa shape index (κ2) is 40.4. The van der Waals surface area contributed by atoms with E-state index in [9.17, 15) is 8.78 Å². The summed E-state index contributed by atoms with van der Waals surface area (Å²) >= 11 is 22.2. The highest BCUT2D eigenvalue weighted by atomic mass is 79.9. The molecular formula is C95H111Br2Cl2F2N35S. The van der Waals surface area contributed by atoms with Crippen molar-refractivity contribution >= 4 is 136 Å². The molecule has 2 unspecified atom stereocenters. The van der Waals surface area contributed by atoms with Gasteiger partial charge in [0.15, 0.2) is 57.2 Å². The molecule has 6 aliphatic rings. The highest BCUT2D eigenvalue weighted by Gasteiger charge is 2.33. The molecule has 0 amide bonds. The fourth-order valence-electron chi connectivity index (χ4n) is 19.8. The Morgan fingerprint density at radius 3 is 0.912 bits per heavy atom. The number of hydrogen-bond acceptors (Lipinski definition) is 24. The van der Waals surface area contributed by atoms with Crippen molar-refractivity contribution in [3.63, 3.8) is 0 Å². The molecule has 24 rings (SSSR count). The molecule has 0 bridgehead atoms. The van der Waals surface area contributed by atoms with Crippen LogP contribution >= 0.6 is 66.8 Å². The van der Waals surface area contributed by atoms with Crippen molar-refractivity contribution in [3.05, 3.63) is 188 Å². The molecule has 13 N–H and O–H groups in total. The van der Waals surface area contributed by atoms with Gasteiger partial charge in [-0.3, -0.25) is 18.7 Å². The van der Waals surface area contributed by atoms with Crippen molar-refractivity contribution in [1.82, 2.24) is 141 Å². The molecule has 0 radical (unpaired) electrons. The van der Waals surface area contributed by atoms with Gasteiger partial charge in [0.1, 0.15) is 33.3 Å². The summed E-state index contributed by atoms with van der Waals surface area (Å²) in [4.78, 5) is 28.8. The molecule has 4 saturated carbocycles. The quantitative estimate of drug-likeness (QED) is 0.0597. The van der Waals surface area contributed by atoms with Gasteiger partial charge >= 0.3 is 0 Å². The lowest BCUT2D eigenvalue weighted by Crippen LogP contribution is -2.14. The van der Waals surface area contributed by atoms with Crippen LogP contribution in [0.15, 0.2) is 133 Å². The monoisotopic (exact) mass is 2040 g/mol. The van der Waals surface area contributed by atoms with E-state index in [1.807, 2.05) is 125 Å². The number of fused-ring (bicyclic) bond motifs is 6. The zero-order valence-electron chi connectivity index (χ0n) is 77.3. The first-order chi connectivity index (χ1) is 66.4. The number of anilines is 6. The van der Waals surface area contributed by atoms with Crippen LogP contribution in [0.3, 0.4) is 0 Å². The van der Waals surface area contributed by atoms with Gasteiger partial charge in [0.05, 0.1) is 105 Å². The molecule has 6 fully saturated rings. The van der Waals surface area contributed by atoms with Crippen LogP contribution in [0.2, 0.25) is 10.0 Å². The summed E-state index contributed by atoms with van der Waals surface area (Å²) in [6.07, 6.45) is 61.0. The van der Waals surface area contributed by atoms with Gasteiger partial charge in [0.2, 0.25) is 0 Å². The van der Waals surface area contributed by atoms with Gasteiger partial charge in [-0.15, -0.1) is 0 Å². The number of nitrogens with zero attached hydrogens (tertiary/aromatic N) is 28. The van der Waals surface area contributed by atoms with E-state index in [0.29, 0.717) is 79.0 Å². The predicted octanol–water partition coefficient (Wildman–Crippen LogP) is 18.8. The summed E-state index contributed by atoms with van der Waals surface area (Å²) in [5.74, 6) is 4.02. The maximum atomic E-state index is 14.7. The number of hydrogen-bond donors (Lipinski definition) is 7. The number of nitrogen functional groups attached to an aromatic ring is 6. The van der Waals surface area contributed by atoms with Gasteiger partial charge in [0, 0.05) is 200 Å². The lowest BCUT2D eigenvalue weighted by atomic mass is 9.86. The van der Waals surface area contributed by atoms with Crippen molar-refractivity contribution in [2.75, 3.05) is 53.2 Å². The number of nitrogens with one attached hydrogen (secondary N) is 1. The van der Waals surface area contributed by atoms with E-state index in [2.05, 4.69) is 123 Å². The first-order valence-corrected chi connectivity index (χ1v) is 50.3. The van der Waals surface area contributed by atoms with E-state index >= 15 is 0 Å². The zero-order chi connectivity index (χ0) is 95.1. The summed E-state index contributed by atoms with van der Waals surface area (Å²) in [6, 6.07) is 4.14. The highest BCUT2D eigenvalue weighted by Crippen LogP contribution is 2.47.